The van der Waals surface area contributed by atoms with Crippen molar-refractivity contribution < 1.29 is 4.79 Å². The Balaban J connectivity index is 1.35. The minimum Gasteiger partial charge on any atom is -0.375 e. The van der Waals surface area contributed by atoms with Crippen molar-refractivity contribution in [2.45, 2.75) is 76.3 Å². The Morgan fingerprint density at radius 3 is 2.31 bits per heavy atom. The van der Waals surface area contributed by atoms with Crippen LogP contribution in [0.4, 0.5) is 11.8 Å². The Hall–Kier alpha value is -2.31. The zero-order chi connectivity index (χ0) is 20.2. The topological polar surface area (TPSA) is 96.2 Å². The maximum atomic E-state index is 11.8. The number of hydrogen-bond acceptors (Lipinski definition) is 6. The van der Waals surface area contributed by atoms with E-state index in [0.29, 0.717) is 35.3 Å². The van der Waals surface area contributed by atoms with Gasteiger partial charge in [0.1, 0.15) is 5.82 Å². The van der Waals surface area contributed by atoms with Crippen LogP contribution in [0.15, 0.2) is 18.5 Å². The van der Waals surface area contributed by atoms with Gasteiger partial charge in [-0.1, -0.05) is 6.58 Å². The molecule has 0 radical (unpaired) electrons. The van der Waals surface area contributed by atoms with Gasteiger partial charge >= 0.3 is 0 Å². The van der Waals surface area contributed by atoms with Gasteiger partial charge < -0.3 is 21.3 Å². The van der Waals surface area contributed by atoms with E-state index in [9.17, 15) is 4.79 Å². The lowest BCUT2D eigenvalue weighted by atomic mass is 9.83. The number of rotatable bonds is 7. The number of amides is 1. The van der Waals surface area contributed by atoms with Crippen LogP contribution in [0.5, 0.6) is 0 Å². The fourth-order valence-electron chi connectivity index (χ4n) is 4.68. The summed E-state index contributed by atoms with van der Waals surface area (Å²) in [6.45, 7) is 6.74. The summed E-state index contributed by atoms with van der Waals surface area (Å²) in [7, 11) is 0. The first-order valence-corrected chi connectivity index (χ1v) is 11.2. The van der Waals surface area contributed by atoms with Crippen LogP contribution in [0, 0.1) is 5.92 Å². The number of nitrogens with zero attached hydrogens (tertiary/aromatic N) is 3. The van der Waals surface area contributed by atoms with Crippen molar-refractivity contribution >= 4 is 17.7 Å². The smallest absolute Gasteiger partial charge is 0.254 e. The van der Waals surface area contributed by atoms with Crippen molar-refractivity contribution in [3.8, 4) is 0 Å². The molecular formula is C22H34N6O. The summed E-state index contributed by atoms with van der Waals surface area (Å²) >= 11 is 0. The number of aromatic nitrogens is 2. The summed E-state index contributed by atoms with van der Waals surface area (Å²) in [5, 5.41) is 6.83. The Labute approximate surface area is 173 Å². The van der Waals surface area contributed by atoms with Gasteiger partial charge in [0.2, 0.25) is 5.95 Å². The fraction of sp³-hybridized carbons (Fsp3) is 0.682. The maximum absolute atomic E-state index is 11.8. The number of allylic oxidation sites excluding steroid dienone is 1. The van der Waals surface area contributed by atoms with Gasteiger partial charge in [0.15, 0.2) is 0 Å². The maximum Gasteiger partial charge on any atom is 0.254 e. The molecule has 2 aliphatic carbocycles. The van der Waals surface area contributed by atoms with Crippen molar-refractivity contribution in [3.05, 3.63) is 24.0 Å². The van der Waals surface area contributed by atoms with Gasteiger partial charge in [-0.2, -0.15) is 4.98 Å². The number of carbonyl (C=O) groups is 1. The molecule has 4 rings (SSSR count). The molecule has 1 aromatic rings. The quantitative estimate of drug-likeness (QED) is 0.650. The van der Waals surface area contributed by atoms with Crippen molar-refractivity contribution in [3.63, 3.8) is 0 Å². The summed E-state index contributed by atoms with van der Waals surface area (Å²) in [4.78, 5) is 23.2. The molecule has 4 N–H and O–H groups in total. The normalized spacial score (nSPS) is 25.2. The first-order chi connectivity index (χ1) is 14.1. The molecule has 0 spiro atoms. The fourth-order valence-corrected chi connectivity index (χ4v) is 4.68. The van der Waals surface area contributed by atoms with Crippen LogP contribution in [0.3, 0.4) is 0 Å². The summed E-state index contributed by atoms with van der Waals surface area (Å²) in [6, 6.07) is 0.739. The number of hydrogen-bond donors (Lipinski definition) is 3. The third-order valence-corrected chi connectivity index (χ3v) is 6.79. The largest absolute Gasteiger partial charge is 0.375 e. The second kappa shape index (κ2) is 9.01. The highest BCUT2D eigenvalue weighted by molar-refractivity contribution is 5.97. The van der Waals surface area contributed by atoms with Crippen LogP contribution in [-0.2, 0) is 0 Å². The van der Waals surface area contributed by atoms with Gasteiger partial charge in [-0.15, -0.1) is 0 Å². The lowest BCUT2D eigenvalue weighted by Gasteiger charge is -2.38. The van der Waals surface area contributed by atoms with Crippen molar-refractivity contribution in [1.82, 2.24) is 14.9 Å². The number of nitrogens with two attached hydrogens (primary N) is 1. The first-order valence-electron chi connectivity index (χ1n) is 11.2. The van der Waals surface area contributed by atoms with Gasteiger partial charge in [0.05, 0.1) is 5.56 Å². The van der Waals surface area contributed by atoms with Crippen molar-refractivity contribution in [2.75, 3.05) is 23.7 Å². The molecule has 1 amide bonds. The highest BCUT2D eigenvalue weighted by Crippen LogP contribution is 2.33. The molecule has 0 bridgehead atoms. The summed E-state index contributed by atoms with van der Waals surface area (Å²) < 4.78 is 0. The number of piperidine rings is 1. The highest BCUT2D eigenvalue weighted by Gasteiger charge is 2.27. The number of likely N-dealkylation sites (tertiary alicyclic amines) is 1. The van der Waals surface area contributed by atoms with Gasteiger partial charge in [-0.05, 0) is 70.1 Å². The zero-order valence-corrected chi connectivity index (χ0v) is 17.3. The second-order valence-electron chi connectivity index (χ2n) is 8.82. The van der Waals surface area contributed by atoms with Crippen molar-refractivity contribution in [1.29, 1.82) is 0 Å². The van der Waals surface area contributed by atoms with Crippen LogP contribution < -0.4 is 16.4 Å². The van der Waals surface area contributed by atoms with Gasteiger partial charge in [0, 0.05) is 37.1 Å². The molecule has 0 unspecified atom stereocenters. The summed E-state index contributed by atoms with van der Waals surface area (Å²) in [5.41, 5.74) is 7.25. The standard InChI is InChI=1S/C22H34N6O/c1-15(28-12-3-2-4-13-28)16-8-10-18(11-9-16)25-21-19(20(23)29)14-24-22(27-21)26-17-6-5-7-17/h14,16-18H,1-13H2,(H2,23,29)(H2,24,25,26,27). The molecule has 1 aliphatic heterocycles. The van der Waals surface area contributed by atoms with E-state index in [-0.39, 0.29) is 0 Å². The van der Waals surface area contributed by atoms with Crippen LogP contribution in [0.2, 0.25) is 0 Å². The van der Waals surface area contributed by atoms with Crippen LogP contribution in [0.1, 0.15) is 74.6 Å². The molecule has 158 valence electrons. The van der Waals surface area contributed by atoms with Crippen molar-refractivity contribution in [2.24, 2.45) is 11.7 Å². The molecule has 3 aliphatic rings. The third-order valence-electron chi connectivity index (χ3n) is 6.79. The lowest BCUT2D eigenvalue weighted by molar-refractivity contribution is 0.100. The Morgan fingerprint density at radius 2 is 1.69 bits per heavy atom. The summed E-state index contributed by atoms with van der Waals surface area (Å²) in [6.07, 6.45) is 13.3. The molecule has 2 saturated carbocycles. The van der Waals surface area contributed by atoms with Gasteiger partial charge in [-0.25, -0.2) is 4.98 Å². The minimum absolute atomic E-state index is 0.296. The Bertz CT molecular complexity index is 733. The van der Waals surface area contributed by atoms with Crippen LogP contribution in [0.25, 0.3) is 0 Å². The SMILES string of the molecule is C=C(C1CCC(Nc2nc(NC3CCC3)ncc2C(N)=O)CC1)N1CCCCC1. The molecular weight excluding hydrogens is 364 g/mol. The Morgan fingerprint density at radius 1 is 1.00 bits per heavy atom. The van der Waals surface area contributed by atoms with Gasteiger partial charge in [0.25, 0.3) is 5.91 Å². The zero-order valence-electron chi connectivity index (χ0n) is 17.3. The first kappa shape index (κ1) is 20.0. The highest BCUT2D eigenvalue weighted by atomic mass is 16.1. The predicted octanol–water partition coefficient (Wildman–Crippen LogP) is 3.51. The molecule has 7 heteroatoms. The van der Waals surface area contributed by atoms with E-state index in [1.54, 1.807) is 6.20 Å². The molecule has 0 atom stereocenters. The van der Waals surface area contributed by atoms with E-state index in [4.69, 9.17) is 5.73 Å². The van der Waals surface area contributed by atoms with E-state index >= 15 is 0 Å². The second-order valence-corrected chi connectivity index (χ2v) is 8.82. The van der Waals surface area contributed by atoms with Crippen LogP contribution in [-0.4, -0.2) is 45.9 Å². The molecule has 3 fully saturated rings. The molecule has 1 saturated heterocycles. The molecule has 29 heavy (non-hydrogen) atoms. The van der Waals surface area contributed by atoms with E-state index < -0.39 is 5.91 Å². The lowest BCUT2D eigenvalue weighted by Crippen LogP contribution is -2.35. The van der Waals surface area contributed by atoms with E-state index in [0.717, 1.165) is 51.6 Å². The monoisotopic (exact) mass is 398 g/mol. The van der Waals surface area contributed by atoms with E-state index in [1.165, 1.54) is 31.4 Å². The third kappa shape index (κ3) is 4.82. The molecule has 7 nitrogen and oxygen atoms in total. The molecule has 0 aromatic carbocycles. The van der Waals surface area contributed by atoms with E-state index in [1.807, 2.05) is 0 Å². The predicted molar refractivity (Wildman–Crippen MR) is 116 cm³/mol. The molecule has 1 aromatic heterocycles. The number of nitrogens with one attached hydrogen (secondary N) is 2. The average molecular weight is 399 g/mol. The number of anilines is 2. The average Bonchev–Trinajstić information content (AvgIpc) is 2.71. The Kier molecular flexibility index (Phi) is 6.21. The number of primary amides is 1. The summed E-state index contributed by atoms with van der Waals surface area (Å²) in [5.74, 6) is 1.22. The van der Waals surface area contributed by atoms with Gasteiger partial charge in [-0.3, -0.25) is 4.79 Å². The van der Waals surface area contributed by atoms with E-state index in [2.05, 4.69) is 32.1 Å². The minimum atomic E-state index is -0.491. The van der Waals surface area contributed by atoms with Crippen LogP contribution >= 0.6 is 0 Å². The number of carbonyl (C=O) groups excluding carboxylic acids is 1. The molecule has 2 heterocycles.